The van der Waals surface area contributed by atoms with Crippen LogP contribution in [-0.2, 0) is 0 Å². The minimum absolute atomic E-state index is 0.218. The van der Waals surface area contributed by atoms with E-state index in [4.69, 9.17) is 5.11 Å². The maximum atomic E-state index is 9.00. The molecule has 11 heavy (non-hydrogen) atoms. The Morgan fingerprint density at radius 1 is 1.55 bits per heavy atom. The second-order valence-corrected chi connectivity index (χ2v) is 3.28. The van der Waals surface area contributed by atoms with Crippen molar-refractivity contribution in [3.63, 3.8) is 0 Å². The van der Waals surface area contributed by atoms with Gasteiger partial charge in [-0.05, 0) is 32.9 Å². The van der Waals surface area contributed by atoms with Crippen molar-refractivity contribution < 1.29 is 5.11 Å². The summed E-state index contributed by atoms with van der Waals surface area (Å²) in [5.74, 6) is 0. The average Bonchev–Trinajstić information content (AvgIpc) is 2.03. The third kappa shape index (κ3) is 3.70. The maximum Gasteiger partial charge on any atom is 0.0636 e. The van der Waals surface area contributed by atoms with Gasteiger partial charge >= 0.3 is 0 Å². The number of hydrogen-bond donors (Lipinski definition) is 3. The van der Waals surface area contributed by atoms with Gasteiger partial charge in [0.2, 0.25) is 0 Å². The van der Waals surface area contributed by atoms with Crippen molar-refractivity contribution in [1.29, 1.82) is 0 Å². The van der Waals surface area contributed by atoms with E-state index in [1.165, 1.54) is 12.8 Å². The first-order chi connectivity index (χ1) is 5.29. The molecule has 1 fully saturated rings. The van der Waals surface area contributed by atoms with Gasteiger partial charge in [-0.2, -0.15) is 0 Å². The summed E-state index contributed by atoms with van der Waals surface area (Å²) in [4.78, 5) is 0. The molecule has 1 atom stereocenters. The second-order valence-electron chi connectivity index (χ2n) is 3.28. The molecule has 0 amide bonds. The number of nitrogens with one attached hydrogen (secondary N) is 2. The number of aliphatic hydroxyl groups is 1. The number of hydrogen-bond acceptors (Lipinski definition) is 3. The van der Waals surface area contributed by atoms with Gasteiger partial charge < -0.3 is 15.7 Å². The number of aliphatic hydroxyl groups excluding tert-OH is 1. The highest BCUT2D eigenvalue weighted by molar-refractivity contribution is 4.74. The molecule has 0 aromatic rings. The molecular formula is C8H18N2O. The summed E-state index contributed by atoms with van der Waals surface area (Å²) < 4.78 is 0. The van der Waals surface area contributed by atoms with Crippen LogP contribution in [0, 0.1) is 0 Å². The molecule has 1 rings (SSSR count). The molecule has 3 nitrogen and oxygen atoms in total. The molecule has 1 aliphatic rings. The largest absolute Gasteiger partial charge is 0.392 e. The third-order valence-electron chi connectivity index (χ3n) is 2.04. The van der Waals surface area contributed by atoms with Crippen molar-refractivity contribution in [3.8, 4) is 0 Å². The fraction of sp³-hybridized carbons (Fsp3) is 1.00. The van der Waals surface area contributed by atoms with Gasteiger partial charge in [0.05, 0.1) is 6.10 Å². The minimum Gasteiger partial charge on any atom is -0.392 e. The van der Waals surface area contributed by atoms with E-state index in [9.17, 15) is 0 Å². The summed E-state index contributed by atoms with van der Waals surface area (Å²) in [6, 6.07) is 0.617. The van der Waals surface area contributed by atoms with E-state index in [0.29, 0.717) is 6.04 Å². The van der Waals surface area contributed by atoms with Gasteiger partial charge in [-0.25, -0.2) is 0 Å². The second kappa shape index (κ2) is 4.70. The molecule has 0 unspecified atom stereocenters. The molecule has 0 aliphatic carbocycles. The Morgan fingerprint density at radius 2 is 2.18 bits per heavy atom. The van der Waals surface area contributed by atoms with E-state index >= 15 is 0 Å². The summed E-state index contributed by atoms with van der Waals surface area (Å²) in [5.41, 5.74) is 0. The summed E-state index contributed by atoms with van der Waals surface area (Å²) in [6.45, 7) is 4.76. The summed E-state index contributed by atoms with van der Waals surface area (Å²) in [5, 5.41) is 15.6. The van der Waals surface area contributed by atoms with Crippen molar-refractivity contribution in [3.05, 3.63) is 0 Å². The van der Waals surface area contributed by atoms with E-state index in [-0.39, 0.29) is 6.10 Å². The van der Waals surface area contributed by atoms with Crippen molar-refractivity contribution in [2.75, 3.05) is 19.6 Å². The van der Waals surface area contributed by atoms with Crippen LogP contribution in [0.2, 0.25) is 0 Å². The average molecular weight is 158 g/mol. The number of piperidine rings is 1. The van der Waals surface area contributed by atoms with Gasteiger partial charge in [-0.15, -0.1) is 0 Å². The summed E-state index contributed by atoms with van der Waals surface area (Å²) in [7, 11) is 0. The SMILES string of the molecule is C[C@@H](O)CNC1CCNCC1. The standard InChI is InChI=1S/C8H18N2O/c1-7(11)6-10-8-2-4-9-5-3-8/h7-11H,2-6H2,1H3/t7-/m1/s1. The van der Waals surface area contributed by atoms with Crippen LogP contribution in [0.15, 0.2) is 0 Å². The van der Waals surface area contributed by atoms with Gasteiger partial charge in [0.25, 0.3) is 0 Å². The van der Waals surface area contributed by atoms with Crippen LogP contribution in [0.4, 0.5) is 0 Å². The fourth-order valence-electron chi connectivity index (χ4n) is 1.36. The van der Waals surface area contributed by atoms with Gasteiger partial charge in [-0.3, -0.25) is 0 Å². The molecule has 0 aromatic carbocycles. The van der Waals surface area contributed by atoms with Crippen molar-refractivity contribution in [2.24, 2.45) is 0 Å². The monoisotopic (exact) mass is 158 g/mol. The number of rotatable bonds is 3. The van der Waals surface area contributed by atoms with Gasteiger partial charge in [0.15, 0.2) is 0 Å². The Labute approximate surface area is 68.2 Å². The van der Waals surface area contributed by atoms with Crippen molar-refractivity contribution >= 4 is 0 Å². The minimum atomic E-state index is -0.218. The normalized spacial score (nSPS) is 23.5. The quantitative estimate of drug-likeness (QED) is 0.529. The Bertz CT molecular complexity index is 100. The first kappa shape index (κ1) is 8.97. The molecule has 0 aromatic heterocycles. The van der Waals surface area contributed by atoms with Gasteiger partial charge in [0, 0.05) is 12.6 Å². The Hall–Kier alpha value is -0.120. The zero-order valence-electron chi connectivity index (χ0n) is 7.14. The zero-order chi connectivity index (χ0) is 8.10. The van der Waals surface area contributed by atoms with Crippen LogP contribution in [0.5, 0.6) is 0 Å². The van der Waals surface area contributed by atoms with Crippen molar-refractivity contribution in [2.45, 2.75) is 31.9 Å². The molecule has 0 radical (unpaired) electrons. The smallest absolute Gasteiger partial charge is 0.0636 e. The highest BCUT2D eigenvalue weighted by Gasteiger charge is 2.11. The molecule has 3 N–H and O–H groups in total. The lowest BCUT2D eigenvalue weighted by molar-refractivity contribution is 0.182. The van der Waals surface area contributed by atoms with Crippen LogP contribution in [0.3, 0.4) is 0 Å². The molecule has 66 valence electrons. The van der Waals surface area contributed by atoms with E-state index in [0.717, 1.165) is 19.6 Å². The maximum absolute atomic E-state index is 9.00. The first-order valence-corrected chi connectivity index (χ1v) is 4.41. The topological polar surface area (TPSA) is 44.3 Å². The van der Waals surface area contributed by atoms with Crippen molar-refractivity contribution in [1.82, 2.24) is 10.6 Å². The molecule has 0 saturated carbocycles. The first-order valence-electron chi connectivity index (χ1n) is 4.41. The van der Waals surface area contributed by atoms with E-state index in [1.807, 2.05) is 6.92 Å². The molecular weight excluding hydrogens is 140 g/mol. The van der Waals surface area contributed by atoms with Crippen LogP contribution in [-0.4, -0.2) is 36.9 Å². The lowest BCUT2D eigenvalue weighted by Crippen LogP contribution is -2.42. The third-order valence-corrected chi connectivity index (χ3v) is 2.04. The predicted octanol–water partition coefficient (Wildman–Crippen LogP) is -0.291. The van der Waals surface area contributed by atoms with Gasteiger partial charge in [0.1, 0.15) is 0 Å². The highest BCUT2D eigenvalue weighted by atomic mass is 16.3. The van der Waals surface area contributed by atoms with E-state index in [1.54, 1.807) is 0 Å². The Balaban J connectivity index is 2.05. The molecule has 0 bridgehead atoms. The summed E-state index contributed by atoms with van der Waals surface area (Å²) >= 11 is 0. The molecule has 1 heterocycles. The highest BCUT2D eigenvalue weighted by Crippen LogP contribution is 2.01. The predicted molar refractivity (Wildman–Crippen MR) is 45.6 cm³/mol. The molecule has 1 aliphatic heterocycles. The van der Waals surface area contributed by atoms with E-state index < -0.39 is 0 Å². The van der Waals surface area contributed by atoms with E-state index in [2.05, 4.69) is 10.6 Å². The molecule has 0 spiro atoms. The van der Waals surface area contributed by atoms with Gasteiger partial charge in [-0.1, -0.05) is 0 Å². The molecule has 3 heteroatoms. The lowest BCUT2D eigenvalue weighted by Gasteiger charge is -2.24. The Morgan fingerprint density at radius 3 is 2.73 bits per heavy atom. The summed E-state index contributed by atoms with van der Waals surface area (Å²) in [6.07, 6.45) is 2.16. The lowest BCUT2D eigenvalue weighted by atomic mass is 10.1. The van der Waals surface area contributed by atoms with Crippen LogP contribution in [0.25, 0.3) is 0 Å². The molecule has 1 saturated heterocycles. The van der Waals surface area contributed by atoms with Crippen LogP contribution in [0.1, 0.15) is 19.8 Å². The van der Waals surface area contributed by atoms with Crippen LogP contribution >= 0.6 is 0 Å². The fourth-order valence-corrected chi connectivity index (χ4v) is 1.36. The zero-order valence-corrected chi connectivity index (χ0v) is 7.14. The van der Waals surface area contributed by atoms with Crippen LogP contribution < -0.4 is 10.6 Å². The Kier molecular flexibility index (Phi) is 3.83.